The van der Waals surface area contributed by atoms with Crippen LogP contribution in [0, 0.1) is 18.6 Å². The molecular formula is C14H10Cl2F2NSeTi. The van der Waals surface area contributed by atoms with E-state index < -0.39 is 28.7 Å². The molecule has 0 heterocycles. The summed E-state index contributed by atoms with van der Waals surface area (Å²) in [5, 5.41) is 0. The van der Waals surface area contributed by atoms with Gasteiger partial charge in [-0.2, -0.15) is 0 Å². The van der Waals surface area contributed by atoms with Gasteiger partial charge in [-0.25, -0.2) is 0 Å². The number of rotatable bonds is 2. The minimum atomic E-state index is -0.666. The summed E-state index contributed by atoms with van der Waals surface area (Å²) in [4.78, 5) is 3.88. The summed E-state index contributed by atoms with van der Waals surface area (Å²) in [6.45, 7) is 1.95. The third kappa shape index (κ3) is 5.82. The van der Waals surface area contributed by atoms with Crippen molar-refractivity contribution in [2.45, 2.75) is 6.92 Å². The van der Waals surface area contributed by atoms with Gasteiger partial charge in [0.15, 0.2) is 0 Å². The van der Waals surface area contributed by atoms with Crippen LogP contribution in [0.3, 0.4) is 0 Å². The Bertz CT molecular complexity index is 618. The Morgan fingerprint density at radius 3 is 2.19 bits per heavy atom. The number of para-hydroxylation sites is 1. The molecule has 0 saturated heterocycles. The zero-order valence-corrected chi connectivity index (χ0v) is 15.7. The molecule has 21 heavy (non-hydrogen) atoms. The standard InChI is InChI=1S/C14H10F2NSe.2ClH.Ti/c1-9-4-2-5-10(14(9)18)8-17-13-11(15)6-3-7-12(13)16;;;/h2-8H,1H3;2*1H;/q;;;+2/p-2. The fourth-order valence-electron chi connectivity index (χ4n) is 1.52. The molecule has 0 bridgehead atoms. The van der Waals surface area contributed by atoms with Crippen LogP contribution in [-0.4, -0.2) is 22.2 Å². The second-order valence-electron chi connectivity index (χ2n) is 3.89. The molecule has 109 valence electrons. The van der Waals surface area contributed by atoms with E-state index in [4.69, 9.17) is 18.6 Å². The van der Waals surface area contributed by atoms with Crippen LogP contribution in [0.5, 0.6) is 0 Å². The van der Waals surface area contributed by atoms with Crippen LogP contribution in [0.1, 0.15) is 11.1 Å². The van der Waals surface area contributed by atoms with Gasteiger partial charge >= 0.3 is 148 Å². The van der Waals surface area contributed by atoms with Crippen LogP contribution in [0.25, 0.3) is 0 Å². The number of nitrogens with zero attached hydrogens (tertiary/aromatic N) is 1. The predicted molar refractivity (Wildman–Crippen MR) is 81.9 cm³/mol. The molecule has 0 fully saturated rings. The molecule has 0 aliphatic rings. The van der Waals surface area contributed by atoms with E-state index in [2.05, 4.69) is 21.0 Å². The molecular weight excluding hydrogens is 418 g/mol. The Morgan fingerprint density at radius 1 is 1.10 bits per heavy atom. The number of benzene rings is 2. The summed E-state index contributed by atoms with van der Waals surface area (Å²) in [5.74, 6) is -1.33. The molecule has 1 nitrogen and oxygen atoms in total. The van der Waals surface area contributed by atoms with E-state index in [9.17, 15) is 8.78 Å². The van der Waals surface area contributed by atoms with Crippen LogP contribution < -0.4 is 4.46 Å². The Kier molecular flexibility index (Phi) is 8.73. The van der Waals surface area contributed by atoms with Crippen molar-refractivity contribution >= 4 is 51.0 Å². The molecule has 0 aliphatic heterocycles. The van der Waals surface area contributed by atoms with Crippen molar-refractivity contribution in [3.63, 3.8) is 0 Å². The van der Waals surface area contributed by atoms with Gasteiger partial charge in [0.05, 0.1) is 0 Å². The van der Waals surface area contributed by atoms with Gasteiger partial charge in [-0.3, -0.25) is 0 Å². The zero-order valence-electron chi connectivity index (χ0n) is 10.9. The van der Waals surface area contributed by atoms with Gasteiger partial charge < -0.3 is 0 Å². The van der Waals surface area contributed by atoms with E-state index in [1.807, 2.05) is 25.1 Å². The maximum atomic E-state index is 13.4. The maximum absolute atomic E-state index is 13.4. The van der Waals surface area contributed by atoms with Crippen LogP contribution in [-0.2, 0) is 17.0 Å². The zero-order chi connectivity index (χ0) is 15.8. The van der Waals surface area contributed by atoms with Gasteiger partial charge in [0, 0.05) is 0 Å². The molecule has 1 radical (unpaired) electrons. The first-order valence-electron chi connectivity index (χ1n) is 5.72. The predicted octanol–water partition coefficient (Wildman–Crippen LogP) is 4.19. The van der Waals surface area contributed by atoms with E-state index in [1.54, 1.807) is 0 Å². The van der Waals surface area contributed by atoms with Crippen LogP contribution in [0.15, 0.2) is 41.4 Å². The van der Waals surface area contributed by atoms with E-state index in [-0.39, 0.29) is 5.69 Å². The van der Waals surface area contributed by atoms with Crippen molar-refractivity contribution in [2.75, 3.05) is 0 Å². The third-order valence-electron chi connectivity index (χ3n) is 2.51. The normalized spacial score (nSPS) is 10.1. The molecule has 2 rings (SSSR count). The van der Waals surface area contributed by atoms with Gasteiger partial charge in [0.1, 0.15) is 0 Å². The SMILES string of the molecule is Cc1cccc(C=Nc2c(F)cccc2F)c1[Se].[Cl][Ti][Cl]. The fraction of sp³-hybridized carbons (Fsp3) is 0.0714. The summed E-state index contributed by atoms with van der Waals surface area (Å²) in [5.41, 5.74) is 1.60. The van der Waals surface area contributed by atoms with Crippen molar-refractivity contribution in [3.8, 4) is 0 Å². The molecule has 2 aromatic carbocycles. The van der Waals surface area contributed by atoms with Crippen molar-refractivity contribution in [2.24, 2.45) is 4.99 Å². The Balaban J connectivity index is 0.000000677. The quantitative estimate of drug-likeness (QED) is 0.503. The number of hydrogen-bond acceptors (Lipinski definition) is 1. The van der Waals surface area contributed by atoms with E-state index in [0.717, 1.165) is 15.6 Å². The van der Waals surface area contributed by atoms with Gasteiger partial charge in [-0.1, -0.05) is 0 Å². The second kappa shape index (κ2) is 9.73. The molecule has 0 unspecified atom stereocenters. The molecule has 0 spiro atoms. The number of hydrogen-bond donors (Lipinski definition) is 0. The third-order valence-corrected chi connectivity index (χ3v) is 3.68. The molecule has 0 atom stereocenters. The first kappa shape index (κ1) is 18.8. The summed E-state index contributed by atoms with van der Waals surface area (Å²) < 4.78 is 27.7. The topological polar surface area (TPSA) is 12.4 Å². The Hall–Kier alpha value is -0.216. The minimum absolute atomic E-state index is 0.265. The monoisotopic (exact) mass is 428 g/mol. The van der Waals surface area contributed by atoms with Crippen molar-refractivity contribution in [1.82, 2.24) is 0 Å². The molecule has 0 saturated carbocycles. The van der Waals surface area contributed by atoms with E-state index in [1.165, 1.54) is 24.4 Å². The second-order valence-corrected chi connectivity index (χ2v) is 7.33. The Labute approximate surface area is 147 Å². The molecule has 0 aliphatic carbocycles. The number of aryl methyl sites for hydroxylation is 1. The van der Waals surface area contributed by atoms with Gasteiger partial charge in [0.2, 0.25) is 0 Å². The van der Waals surface area contributed by atoms with Crippen LogP contribution >= 0.6 is 18.6 Å². The van der Waals surface area contributed by atoms with Gasteiger partial charge in [0.25, 0.3) is 0 Å². The van der Waals surface area contributed by atoms with Crippen molar-refractivity contribution in [1.29, 1.82) is 0 Å². The summed E-state index contributed by atoms with van der Waals surface area (Å²) in [7, 11) is 9.78. The van der Waals surface area contributed by atoms with Crippen molar-refractivity contribution in [3.05, 3.63) is 59.2 Å². The van der Waals surface area contributed by atoms with E-state index >= 15 is 0 Å². The first-order valence-corrected chi connectivity index (χ1v) is 10.9. The Morgan fingerprint density at radius 2 is 1.62 bits per heavy atom. The molecule has 0 N–H and O–H groups in total. The van der Waals surface area contributed by atoms with Crippen molar-refractivity contribution < 1.29 is 25.8 Å². The molecule has 0 amide bonds. The summed E-state index contributed by atoms with van der Waals surface area (Å²) in [6, 6.07) is 9.34. The average molecular weight is 428 g/mol. The van der Waals surface area contributed by atoms with Crippen LogP contribution in [0.4, 0.5) is 14.5 Å². The first-order chi connectivity index (χ1) is 10.0. The van der Waals surface area contributed by atoms with Gasteiger partial charge in [-0.05, 0) is 0 Å². The average Bonchev–Trinajstić information content (AvgIpc) is 2.43. The molecule has 2 aromatic rings. The van der Waals surface area contributed by atoms with E-state index in [0.29, 0.717) is 0 Å². The summed E-state index contributed by atoms with van der Waals surface area (Å²) >= 11 is 2.37. The number of aliphatic imine (C=N–C) groups is 1. The van der Waals surface area contributed by atoms with Crippen LogP contribution in [0.2, 0.25) is 0 Å². The molecule has 7 heteroatoms. The summed E-state index contributed by atoms with van der Waals surface area (Å²) in [6.07, 6.45) is 1.46. The molecule has 0 aromatic heterocycles. The fourth-order valence-corrected chi connectivity index (χ4v) is 1.92. The van der Waals surface area contributed by atoms with Gasteiger partial charge in [-0.15, -0.1) is 0 Å². The number of halogens is 4.